The Morgan fingerprint density at radius 3 is 2.63 bits per heavy atom. The molecule has 0 spiro atoms. The fraction of sp³-hybridized carbons (Fsp3) is 0.462. The third-order valence-corrected chi connectivity index (χ3v) is 3.08. The molecular formula is C13H18N4O2. The molecule has 0 aliphatic carbocycles. The van der Waals surface area contributed by atoms with Gasteiger partial charge in [-0.3, -0.25) is 9.36 Å². The van der Waals surface area contributed by atoms with Crippen LogP contribution in [0.1, 0.15) is 41.3 Å². The molecule has 0 aromatic carbocycles. The molecule has 0 unspecified atom stereocenters. The van der Waals surface area contributed by atoms with E-state index in [-0.39, 0.29) is 5.56 Å². The van der Waals surface area contributed by atoms with Crippen LogP contribution in [-0.4, -0.2) is 30.6 Å². The summed E-state index contributed by atoms with van der Waals surface area (Å²) >= 11 is 0. The van der Waals surface area contributed by atoms with Crippen molar-refractivity contribution >= 4 is 5.97 Å². The Labute approximate surface area is 111 Å². The van der Waals surface area contributed by atoms with E-state index in [4.69, 9.17) is 5.11 Å². The molecule has 1 N–H and O–H groups in total. The topological polar surface area (TPSA) is 72.9 Å². The van der Waals surface area contributed by atoms with Crippen LogP contribution in [0.15, 0.2) is 12.3 Å². The van der Waals surface area contributed by atoms with E-state index in [2.05, 4.69) is 17.1 Å². The Bertz CT molecular complexity index is 598. The molecule has 0 saturated carbocycles. The van der Waals surface area contributed by atoms with Crippen molar-refractivity contribution < 1.29 is 9.90 Å². The van der Waals surface area contributed by atoms with E-state index >= 15 is 0 Å². The second-order valence-corrected chi connectivity index (χ2v) is 4.43. The van der Waals surface area contributed by atoms with Gasteiger partial charge < -0.3 is 5.11 Å². The predicted octanol–water partition coefficient (Wildman–Crippen LogP) is 1.72. The summed E-state index contributed by atoms with van der Waals surface area (Å²) < 4.78 is 3.58. The van der Waals surface area contributed by atoms with Gasteiger partial charge in [0.1, 0.15) is 5.56 Å². The molecular weight excluding hydrogens is 244 g/mol. The number of hydrogen-bond donors (Lipinski definition) is 1. The highest BCUT2D eigenvalue weighted by Gasteiger charge is 2.13. The number of aromatic carboxylic acids is 1. The molecule has 19 heavy (non-hydrogen) atoms. The fourth-order valence-corrected chi connectivity index (χ4v) is 2.06. The number of hydrogen-bond acceptors (Lipinski definition) is 3. The molecule has 102 valence electrons. The lowest BCUT2D eigenvalue weighted by Crippen LogP contribution is -2.08. The van der Waals surface area contributed by atoms with Gasteiger partial charge in [0.2, 0.25) is 0 Å². The maximum atomic E-state index is 11.0. The lowest BCUT2D eigenvalue weighted by atomic mass is 10.3. The lowest BCUT2D eigenvalue weighted by molar-refractivity contribution is 0.0696. The van der Waals surface area contributed by atoms with E-state index in [1.54, 1.807) is 17.8 Å². The van der Waals surface area contributed by atoms with Gasteiger partial charge in [-0.2, -0.15) is 10.2 Å². The Hall–Kier alpha value is -2.11. The number of nitrogens with zero attached hydrogens (tertiary/aromatic N) is 4. The third-order valence-electron chi connectivity index (χ3n) is 3.08. The SMILES string of the molecule is CCc1cc(Cn2cc(C(=O)O)c(C)n2)n(CC)n1. The first-order valence-corrected chi connectivity index (χ1v) is 6.38. The van der Waals surface area contributed by atoms with Gasteiger partial charge in [0.05, 0.1) is 23.6 Å². The minimum absolute atomic E-state index is 0.248. The number of carboxylic acid groups (broad SMARTS) is 1. The van der Waals surface area contributed by atoms with E-state index < -0.39 is 5.97 Å². The van der Waals surface area contributed by atoms with Gasteiger partial charge in [0.15, 0.2) is 0 Å². The highest BCUT2D eigenvalue weighted by molar-refractivity contribution is 5.88. The third kappa shape index (κ3) is 2.67. The van der Waals surface area contributed by atoms with Crippen molar-refractivity contribution in [1.82, 2.24) is 19.6 Å². The minimum Gasteiger partial charge on any atom is -0.478 e. The molecule has 2 aromatic heterocycles. The van der Waals surface area contributed by atoms with Crippen LogP contribution in [0.5, 0.6) is 0 Å². The summed E-state index contributed by atoms with van der Waals surface area (Å²) in [5.74, 6) is -0.943. The van der Waals surface area contributed by atoms with Gasteiger partial charge in [0, 0.05) is 12.7 Å². The molecule has 0 bridgehead atoms. The Kier molecular flexibility index (Phi) is 3.69. The molecule has 2 aromatic rings. The van der Waals surface area contributed by atoms with Gasteiger partial charge >= 0.3 is 5.97 Å². The molecule has 0 amide bonds. The zero-order valence-electron chi connectivity index (χ0n) is 11.4. The first-order valence-electron chi connectivity index (χ1n) is 6.38. The summed E-state index contributed by atoms with van der Waals surface area (Å²) in [7, 11) is 0. The minimum atomic E-state index is -0.943. The van der Waals surface area contributed by atoms with Gasteiger partial charge in [-0.1, -0.05) is 6.92 Å². The van der Waals surface area contributed by atoms with Crippen LogP contribution in [0.25, 0.3) is 0 Å². The maximum Gasteiger partial charge on any atom is 0.339 e. The van der Waals surface area contributed by atoms with Crippen molar-refractivity contribution in [2.75, 3.05) is 0 Å². The molecule has 0 aliphatic heterocycles. The van der Waals surface area contributed by atoms with Crippen molar-refractivity contribution in [2.24, 2.45) is 0 Å². The second kappa shape index (κ2) is 5.26. The molecule has 6 heteroatoms. The Morgan fingerprint density at radius 1 is 1.37 bits per heavy atom. The largest absolute Gasteiger partial charge is 0.478 e. The van der Waals surface area contributed by atoms with Gasteiger partial charge in [0.25, 0.3) is 0 Å². The number of rotatable bonds is 5. The number of carboxylic acids is 1. The molecule has 0 fully saturated rings. The number of carbonyl (C=O) groups is 1. The van der Waals surface area contributed by atoms with Crippen LogP contribution in [0.3, 0.4) is 0 Å². The summed E-state index contributed by atoms with van der Waals surface area (Å²) in [6.07, 6.45) is 2.45. The standard InChI is InChI=1S/C13H18N4O2/c1-4-10-6-11(17(5-2)15-10)7-16-8-12(13(18)19)9(3)14-16/h6,8H,4-5,7H2,1-3H3,(H,18,19). The van der Waals surface area contributed by atoms with Crippen molar-refractivity contribution in [2.45, 2.75) is 40.3 Å². The first kappa shape index (κ1) is 13.3. The molecule has 0 radical (unpaired) electrons. The van der Waals surface area contributed by atoms with Gasteiger partial charge in [-0.15, -0.1) is 0 Å². The van der Waals surface area contributed by atoms with Crippen molar-refractivity contribution in [3.63, 3.8) is 0 Å². The van der Waals surface area contributed by atoms with Crippen molar-refractivity contribution in [1.29, 1.82) is 0 Å². The summed E-state index contributed by atoms with van der Waals surface area (Å²) in [6.45, 7) is 7.13. The fourth-order valence-electron chi connectivity index (χ4n) is 2.06. The van der Waals surface area contributed by atoms with Gasteiger partial charge in [-0.05, 0) is 26.3 Å². The normalized spacial score (nSPS) is 10.9. The van der Waals surface area contributed by atoms with E-state index in [1.807, 2.05) is 17.7 Å². The Balaban J connectivity index is 2.28. The van der Waals surface area contributed by atoms with Crippen LogP contribution in [-0.2, 0) is 19.5 Å². The number of aromatic nitrogens is 4. The van der Waals surface area contributed by atoms with Crippen molar-refractivity contribution in [3.05, 3.63) is 34.9 Å². The van der Waals surface area contributed by atoms with Crippen LogP contribution < -0.4 is 0 Å². The first-order chi connectivity index (χ1) is 9.05. The van der Waals surface area contributed by atoms with Crippen LogP contribution in [0, 0.1) is 6.92 Å². The highest BCUT2D eigenvalue weighted by atomic mass is 16.4. The summed E-state index contributed by atoms with van der Waals surface area (Å²) in [5.41, 5.74) is 2.86. The van der Waals surface area contributed by atoms with Crippen LogP contribution in [0.4, 0.5) is 0 Å². The average Bonchev–Trinajstić information content (AvgIpc) is 2.93. The molecule has 6 nitrogen and oxygen atoms in total. The summed E-state index contributed by atoms with van der Waals surface area (Å²) in [5, 5.41) is 17.7. The van der Waals surface area contributed by atoms with Gasteiger partial charge in [-0.25, -0.2) is 4.79 Å². The smallest absolute Gasteiger partial charge is 0.339 e. The zero-order chi connectivity index (χ0) is 14.0. The van der Waals surface area contributed by atoms with E-state index in [0.717, 1.165) is 24.4 Å². The van der Waals surface area contributed by atoms with E-state index in [1.165, 1.54) is 0 Å². The lowest BCUT2D eigenvalue weighted by Gasteiger charge is -2.04. The van der Waals surface area contributed by atoms with Crippen LogP contribution >= 0.6 is 0 Å². The highest BCUT2D eigenvalue weighted by Crippen LogP contribution is 2.10. The summed E-state index contributed by atoms with van der Waals surface area (Å²) in [4.78, 5) is 11.0. The molecule has 2 heterocycles. The number of aryl methyl sites for hydroxylation is 3. The van der Waals surface area contributed by atoms with Crippen molar-refractivity contribution in [3.8, 4) is 0 Å². The maximum absolute atomic E-state index is 11.0. The molecule has 0 saturated heterocycles. The summed E-state index contributed by atoms with van der Waals surface area (Å²) in [6, 6.07) is 2.04. The zero-order valence-corrected chi connectivity index (χ0v) is 11.4. The monoisotopic (exact) mass is 262 g/mol. The molecule has 2 rings (SSSR count). The quantitative estimate of drug-likeness (QED) is 0.890. The second-order valence-electron chi connectivity index (χ2n) is 4.43. The van der Waals surface area contributed by atoms with E-state index in [9.17, 15) is 4.79 Å². The average molecular weight is 262 g/mol. The Morgan fingerprint density at radius 2 is 2.11 bits per heavy atom. The van der Waals surface area contributed by atoms with E-state index in [0.29, 0.717) is 12.2 Å². The molecule has 0 aliphatic rings. The predicted molar refractivity (Wildman–Crippen MR) is 70.3 cm³/mol. The molecule has 0 atom stereocenters. The van der Waals surface area contributed by atoms with Crippen LogP contribution in [0.2, 0.25) is 0 Å².